The van der Waals surface area contributed by atoms with Crippen LogP contribution in [0.4, 0.5) is 10.2 Å². The van der Waals surface area contributed by atoms with Gasteiger partial charge in [-0.1, -0.05) is 19.1 Å². The summed E-state index contributed by atoms with van der Waals surface area (Å²) >= 11 is 0. The van der Waals surface area contributed by atoms with E-state index >= 15 is 0 Å². The molecule has 0 bridgehead atoms. The van der Waals surface area contributed by atoms with Gasteiger partial charge >= 0.3 is 0 Å². The van der Waals surface area contributed by atoms with Gasteiger partial charge in [-0.3, -0.25) is 0 Å². The maximum atomic E-state index is 14.8. The molecule has 26 heavy (non-hydrogen) atoms. The van der Waals surface area contributed by atoms with E-state index in [9.17, 15) is 9.65 Å². The van der Waals surface area contributed by atoms with Gasteiger partial charge in [-0.2, -0.15) is 24.8 Å². The zero-order chi connectivity index (χ0) is 18.3. The zero-order valence-electron chi connectivity index (χ0n) is 14.8. The molecule has 1 aliphatic heterocycles. The second-order valence-electron chi connectivity index (χ2n) is 6.90. The Morgan fingerprint density at radius 1 is 1.27 bits per heavy atom. The maximum Gasteiger partial charge on any atom is 0.255 e. The van der Waals surface area contributed by atoms with Crippen molar-refractivity contribution in [2.24, 2.45) is 5.92 Å². The Kier molecular flexibility index (Phi) is 4.03. The Labute approximate surface area is 150 Å². The number of nitrogens with zero attached hydrogens (tertiary/aromatic N) is 6. The van der Waals surface area contributed by atoms with E-state index in [2.05, 4.69) is 33.0 Å². The molecule has 0 radical (unpaired) electrons. The predicted octanol–water partition coefficient (Wildman–Crippen LogP) is 3.35. The van der Waals surface area contributed by atoms with Crippen molar-refractivity contribution in [1.82, 2.24) is 19.6 Å². The molecule has 2 aromatic heterocycles. The van der Waals surface area contributed by atoms with Crippen LogP contribution in [0.15, 0.2) is 24.5 Å². The van der Waals surface area contributed by atoms with E-state index in [1.165, 1.54) is 12.4 Å². The maximum absolute atomic E-state index is 14.8. The zero-order valence-corrected chi connectivity index (χ0v) is 14.8. The van der Waals surface area contributed by atoms with Gasteiger partial charge in [-0.25, -0.2) is 4.39 Å². The Balaban J connectivity index is 2.01. The van der Waals surface area contributed by atoms with Crippen molar-refractivity contribution in [3.8, 4) is 17.2 Å². The molecule has 132 valence electrons. The third-order valence-corrected chi connectivity index (χ3v) is 4.99. The van der Waals surface area contributed by atoms with Crippen LogP contribution in [0.25, 0.3) is 16.9 Å². The standard InChI is InChI=1S/C19H19FN6/c1-12-5-7-25(8-6-12)18-17(14-4-3-13(2)9-15(14)20)16(10-21)24-19-22-11-23-26(18)19/h3-4,9,11-12H,5-8H2,1-2H3. The SMILES string of the molecule is Cc1ccc(-c2c(C#N)nc3ncnn3c2N2CCC(C)CC2)c(F)c1. The second kappa shape index (κ2) is 6.37. The summed E-state index contributed by atoms with van der Waals surface area (Å²) in [5, 5.41) is 14.0. The number of benzene rings is 1. The lowest BCUT2D eigenvalue weighted by molar-refractivity contribution is 0.435. The molecule has 0 spiro atoms. The fraction of sp³-hybridized carbons (Fsp3) is 0.368. The highest BCUT2D eigenvalue weighted by Crippen LogP contribution is 2.36. The van der Waals surface area contributed by atoms with Gasteiger partial charge in [0.05, 0.1) is 5.56 Å². The second-order valence-corrected chi connectivity index (χ2v) is 6.90. The van der Waals surface area contributed by atoms with Crippen LogP contribution in [0.2, 0.25) is 0 Å². The number of nitriles is 1. The van der Waals surface area contributed by atoms with E-state index in [1.807, 2.05) is 13.0 Å². The van der Waals surface area contributed by atoms with Crippen molar-refractivity contribution in [2.45, 2.75) is 26.7 Å². The van der Waals surface area contributed by atoms with Crippen molar-refractivity contribution >= 4 is 11.6 Å². The van der Waals surface area contributed by atoms with E-state index in [0.29, 0.717) is 28.6 Å². The fourth-order valence-corrected chi connectivity index (χ4v) is 3.49. The van der Waals surface area contributed by atoms with E-state index in [1.54, 1.807) is 10.6 Å². The van der Waals surface area contributed by atoms with Gasteiger partial charge in [-0.05, 0) is 37.3 Å². The highest BCUT2D eigenvalue weighted by molar-refractivity contribution is 5.82. The van der Waals surface area contributed by atoms with Crippen molar-refractivity contribution in [3.05, 3.63) is 41.6 Å². The number of hydrogen-bond donors (Lipinski definition) is 0. The van der Waals surface area contributed by atoms with Crippen molar-refractivity contribution < 1.29 is 4.39 Å². The average molecular weight is 350 g/mol. The fourth-order valence-electron chi connectivity index (χ4n) is 3.49. The molecule has 7 heteroatoms. The number of hydrogen-bond acceptors (Lipinski definition) is 5. The summed E-state index contributed by atoms with van der Waals surface area (Å²) in [4.78, 5) is 10.6. The monoisotopic (exact) mass is 350 g/mol. The first-order valence-electron chi connectivity index (χ1n) is 8.73. The topological polar surface area (TPSA) is 70.1 Å². The first kappa shape index (κ1) is 16.5. The molecule has 0 amide bonds. The lowest BCUT2D eigenvalue weighted by Gasteiger charge is -2.33. The highest BCUT2D eigenvalue weighted by atomic mass is 19.1. The van der Waals surface area contributed by atoms with E-state index in [0.717, 1.165) is 31.5 Å². The minimum atomic E-state index is -0.366. The lowest BCUT2D eigenvalue weighted by atomic mass is 9.97. The first-order valence-corrected chi connectivity index (χ1v) is 8.73. The van der Waals surface area contributed by atoms with Crippen LogP contribution in [0.5, 0.6) is 0 Å². The first-order chi connectivity index (χ1) is 12.6. The normalized spacial score (nSPS) is 15.4. The summed E-state index contributed by atoms with van der Waals surface area (Å²) in [5.74, 6) is 1.33. The van der Waals surface area contributed by atoms with E-state index in [4.69, 9.17) is 0 Å². The summed E-state index contributed by atoms with van der Waals surface area (Å²) in [5.41, 5.74) is 1.85. The van der Waals surface area contributed by atoms with Crippen LogP contribution in [-0.4, -0.2) is 32.7 Å². The number of aryl methyl sites for hydroxylation is 1. The van der Waals surface area contributed by atoms with Crippen LogP contribution in [-0.2, 0) is 0 Å². The molecule has 0 N–H and O–H groups in total. The molecule has 0 aliphatic carbocycles. The molecule has 3 aromatic rings. The van der Waals surface area contributed by atoms with Crippen molar-refractivity contribution in [2.75, 3.05) is 18.0 Å². The highest BCUT2D eigenvalue weighted by Gasteiger charge is 2.27. The average Bonchev–Trinajstić information content (AvgIpc) is 3.09. The number of fused-ring (bicyclic) bond motifs is 1. The van der Waals surface area contributed by atoms with Crippen LogP contribution >= 0.6 is 0 Å². The third kappa shape index (κ3) is 2.68. The van der Waals surface area contributed by atoms with Crippen LogP contribution < -0.4 is 4.90 Å². The summed E-state index contributed by atoms with van der Waals surface area (Å²) in [6.07, 6.45) is 3.49. The Hall–Kier alpha value is -3.01. The van der Waals surface area contributed by atoms with Gasteiger partial charge in [0.25, 0.3) is 5.78 Å². The molecule has 0 saturated carbocycles. The van der Waals surface area contributed by atoms with Gasteiger partial charge in [-0.15, -0.1) is 0 Å². The molecule has 0 unspecified atom stereocenters. The molecule has 4 rings (SSSR count). The summed E-state index contributed by atoms with van der Waals surface area (Å²) in [7, 11) is 0. The largest absolute Gasteiger partial charge is 0.356 e. The molecule has 6 nitrogen and oxygen atoms in total. The molecule has 1 fully saturated rings. The smallest absolute Gasteiger partial charge is 0.255 e. The summed E-state index contributed by atoms with van der Waals surface area (Å²) in [6, 6.07) is 7.15. The van der Waals surface area contributed by atoms with E-state index in [-0.39, 0.29) is 11.5 Å². The van der Waals surface area contributed by atoms with Gasteiger partial charge in [0.15, 0.2) is 5.69 Å². The minimum absolute atomic E-state index is 0.168. The minimum Gasteiger partial charge on any atom is -0.356 e. The van der Waals surface area contributed by atoms with E-state index < -0.39 is 0 Å². The van der Waals surface area contributed by atoms with Crippen LogP contribution in [0.1, 0.15) is 31.0 Å². The molecule has 1 aromatic carbocycles. The molecule has 1 aliphatic rings. The number of aromatic nitrogens is 4. The third-order valence-electron chi connectivity index (χ3n) is 4.99. The van der Waals surface area contributed by atoms with Crippen molar-refractivity contribution in [1.29, 1.82) is 5.26 Å². The predicted molar refractivity (Wildman–Crippen MR) is 96.2 cm³/mol. The number of halogens is 1. The lowest BCUT2D eigenvalue weighted by Crippen LogP contribution is -2.35. The number of piperidine rings is 1. The summed E-state index contributed by atoms with van der Waals surface area (Å²) in [6.45, 7) is 5.72. The number of anilines is 1. The molecule has 3 heterocycles. The quantitative estimate of drug-likeness (QED) is 0.709. The molecule has 1 saturated heterocycles. The Morgan fingerprint density at radius 3 is 2.73 bits per heavy atom. The van der Waals surface area contributed by atoms with Gasteiger partial charge in [0.2, 0.25) is 0 Å². The Bertz CT molecular complexity index is 1010. The van der Waals surface area contributed by atoms with Crippen LogP contribution in [0.3, 0.4) is 0 Å². The van der Waals surface area contributed by atoms with Gasteiger partial charge in [0.1, 0.15) is 24.0 Å². The molecular formula is C19H19FN6. The molecular weight excluding hydrogens is 331 g/mol. The summed E-state index contributed by atoms with van der Waals surface area (Å²) < 4.78 is 16.4. The van der Waals surface area contributed by atoms with Gasteiger partial charge < -0.3 is 4.90 Å². The number of rotatable bonds is 2. The molecule has 0 atom stereocenters. The van der Waals surface area contributed by atoms with Gasteiger partial charge in [0, 0.05) is 18.7 Å². The van der Waals surface area contributed by atoms with Crippen molar-refractivity contribution in [3.63, 3.8) is 0 Å². The van der Waals surface area contributed by atoms with Crippen LogP contribution in [0, 0.1) is 30.0 Å². The Morgan fingerprint density at radius 2 is 2.04 bits per heavy atom.